The van der Waals surface area contributed by atoms with Gasteiger partial charge in [-0.3, -0.25) is 18.7 Å². The highest BCUT2D eigenvalue weighted by atomic mass is 127. The number of amides is 1. The van der Waals surface area contributed by atoms with Crippen molar-refractivity contribution in [2.75, 3.05) is 7.11 Å². The number of benzene rings is 1. The topological polar surface area (TPSA) is 120 Å². The molecule has 3 aromatic heterocycles. The van der Waals surface area contributed by atoms with Crippen molar-refractivity contribution in [3.05, 3.63) is 74.4 Å². The molecular weight excluding hydrogens is 684 g/mol. The van der Waals surface area contributed by atoms with E-state index < -0.39 is 29.5 Å². The normalized spacial score (nSPS) is 10.7. The number of rotatable bonds is 8. The van der Waals surface area contributed by atoms with Crippen molar-refractivity contribution in [2.24, 2.45) is 0 Å². The maximum absolute atomic E-state index is 13.9. The van der Waals surface area contributed by atoms with Crippen LogP contribution in [0.1, 0.15) is 38.8 Å². The molecule has 0 unspecified atom stereocenters. The van der Waals surface area contributed by atoms with Crippen LogP contribution in [-0.4, -0.2) is 49.2 Å². The van der Waals surface area contributed by atoms with Crippen LogP contribution in [0.5, 0.6) is 5.75 Å². The van der Waals surface area contributed by atoms with Gasteiger partial charge < -0.3 is 15.2 Å². The van der Waals surface area contributed by atoms with Gasteiger partial charge in [0, 0.05) is 36.6 Å². The molecule has 1 aromatic carbocycles. The summed E-state index contributed by atoms with van der Waals surface area (Å²) < 4.78 is 23.3. The van der Waals surface area contributed by atoms with Gasteiger partial charge in [0.05, 0.1) is 12.5 Å². The van der Waals surface area contributed by atoms with E-state index in [1.807, 2.05) is 21.2 Å². The maximum atomic E-state index is 13.9. The van der Waals surface area contributed by atoms with Crippen LogP contribution in [0.25, 0.3) is 15.2 Å². The summed E-state index contributed by atoms with van der Waals surface area (Å²) in [6.45, 7) is 8.59. The lowest BCUT2D eigenvalue weighted by molar-refractivity contribution is -0.122. The number of thiol groups is 1. The van der Waals surface area contributed by atoms with E-state index in [4.69, 9.17) is 9.84 Å². The summed E-state index contributed by atoms with van der Waals surface area (Å²) in [5.41, 5.74) is 0.109. The molecular formula is C27H35FIN5O5S2. The molecule has 224 valence electrons. The average molecular weight is 720 g/mol. The Kier molecular flexibility index (Phi) is 13.5. The number of aliphatic hydroxyl groups excluding tert-OH is 1. The summed E-state index contributed by atoms with van der Waals surface area (Å²) in [4.78, 5) is 39.9. The van der Waals surface area contributed by atoms with Gasteiger partial charge in [0.25, 0.3) is 5.56 Å². The monoisotopic (exact) mass is 719 g/mol. The number of hydrogen-bond donors (Lipinski definition) is 3. The van der Waals surface area contributed by atoms with E-state index in [1.165, 1.54) is 41.2 Å². The fraction of sp³-hybridized carbons (Fsp3) is 0.407. The standard InChI is InChI=1S/C24H26FN5O4S.C3H8O.HIS/c1-14(2)27-19(31)13-29-21(32)20-15(3)22(30-10-5-9-26-30)35-23(20)28(24(29)33)11-8-16-12-17(25)6-7-18(16)34-4;1-3(2)4;1-2/h5-7,9-10,12,14H,8,11,13H2,1-4H3,(H,27,31);3-4H,1-2H3;2H. The van der Waals surface area contributed by atoms with Crippen LogP contribution < -0.4 is 21.3 Å². The van der Waals surface area contributed by atoms with Gasteiger partial charge in [-0.05, 0) is 92.1 Å². The molecule has 14 heteroatoms. The number of fused-ring (bicyclic) bond motifs is 1. The molecule has 4 aromatic rings. The molecule has 0 fully saturated rings. The first-order valence-electron chi connectivity index (χ1n) is 12.7. The van der Waals surface area contributed by atoms with Crippen LogP contribution in [0.3, 0.4) is 0 Å². The third-order valence-electron chi connectivity index (χ3n) is 5.58. The third kappa shape index (κ3) is 8.90. The number of thiophene rings is 1. The highest BCUT2D eigenvalue weighted by molar-refractivity contribution is 14.2. The maximum Gasteiger partial charge on any atom is 0.332 e. The number of nitrogens with zero attached hydrogens (tertiary/aromatic N) is 4. The predicted octanol–water partition coefficient (Wildman–Crippen LogP) is 4.29. The lowest BCUT2D eigenvalue weighted by atomic mass is 10.1. The van der Waals surface area contributed by atoms with Gasteiger partial charge in [-0.1, -0.05) is 11.3 Å². The molecule has 0 radical (unpaired) electrons. The summed E-state index contributed by atoms with van der Waals surface area (Å²) >= 11 is 3.11. The highest BCUT2D eigenvalue weighted by Gasteiger charge is 2.22. The zero-order valence-electron chi connectivity index (χ0n) is 23.7. The molecule has 0 aliphatic heterocycles. The van der Waals surface area contributed by atoms with Crippen LogP contribution in [-0.2, 0) is 24.3 Å². The van der Waals surface area contributed by atoms with E-state index >= 15 is 0 Å². The smallest absolute Gasteiger partial charge is 0.332 e. The van der Waals surface area contributed by atoms with Crippen LogP contribution in [0, 0.1) is 12.7 Å². The summed E-state index contributed by atoms with van der Waals surface area (Å²) in [5.74, 6) is -0.349. The summed E-state index contributed by atoms with van der Waals surface area (Å²) in [5, 5.41) is 16.1. The van der Waals surface area contributed by atoms with Crippen LogP contribution in [0.15, 0.2) is 46.2 Å². The van der Waals surface area contributed by atoms with Crippen LogP contribution in [0.4, 0.5) is 4.39 Å². The Morgan fingerprint density at radius 1 is 1.22 bits per heavy atom. The number of ether oxygens (including phenoxy) is 1. The second kappa shape index (κ2) is 16.1. The second-order valence-corrected chi connectivity index (χ2v) is 10.5. The molecule has 0 bridgehead atoms. The number of aliphatic hydroxyl groups is 1. The molecule has 0 aliphatic rings. The number of aromatic nitrogens is 4. The lowest BCUT2D eigenvalue weighted by Gasteiger charge is -2.14. The number of carbonyl (C=O) groups is 1. The van der Waals surface area contributed by atoms with E-state index in [-0.39, 0.29) is 25.1 Å². The molecule has 10 nitrogen and oxygen atoms in total. The van der Waals surface area contributed by atoms with Gasteiger partial charge in [0.1, 0.15) is 27.9 Å². The van der Waals surface area contributed by atoms with Crippen molar-refractivity contribution >= 4 is 58.5 Å². The first-order valence-corrected chi connectivity index (χ1v) is 16.7. The molecule has 41 heavy (non-hydrogen) atoms. The first kappa shape index (κ1) is 34.5. The van der Waals surface area contributed by atoms with Crippen molar-refractivity contribution in [3.8, 4) is 10.8 Å². The number of carbonyl (C=O) groups excluding carboxylic acids is 1. The molecule has 0 spiro atoms. The Bertz CT molecular complexity index is 1560. The third-order valence-corrected chi connectivity index (χ3v) is 6.88. The summed E-state index contributed by atoms with van der Waals surface area (Å²) in [7, 11) is 4.99. The Labute approximate surface area is 259 Å². The van der Waals surface area contributed by atoms with Crippen molar-refractivity contribution < 1.29 is 19.0 Å². The number of halogens is 2. The number of nitrogens with one attached hydrogen (secondary N) is 1. The molecule has 0 atom stereocenters. The molecule has 3 heterocycles. The van der Waals surface area contributed by atoms with Gasteiger partial charge >= 0.3 is 5.69 Å². The average Bonchev–Trinajstić information content (AvgIpc) is 3.55. The van der Waals surface area contributed by atoms with Crippen molar-refractivity contribution in [3.63, 3.8) is 0 Å². The highest BCUT2D eigenvalue weighted by Crippen LogP contribution is 2.31. The Hall–Kier alpha value is -2.69. The van der Waals surface area contributed by atoms with Crippen LogP contribution in [0.2, 0.25) is 0 Å². The Morgan fingerprint density at radius 2 is 1.88 bits per heavy atom. The predicted molar refractivity (Wildman–Crippen MR) is 172 cm³/mol. The van der Waals surface area contributed by atoms with Crippen molar-refractivity contribution in [1.82, 2.24) is 24.2 Å². The van der Waals surface area contributed by atoms with Gasteiger partial charge in [-0.15, -0.1) is 9.80 Å². The Balaban J connectivity index is 0.000000902. The SMILES string of the molecule is CC(C)O.COc1ccc(F)cc1CCn1c(=O)n(CC(=O)NC(C)C)c(=O)c2c(C)c(-n3cccn3)sc21.SI. The lowest BCUT2D eigenvalue weighted by Crippen LogP contribution is -2.44. The minimum absolute atomic E-state index is 0.140. The fourth-order valence-corrected chi connectivity index (χ4v) is 5.27. The second-order valence-electron chi connectivity index (χ2n) is 9.51. The van der Waals surface area contributed by atoms with Gasteiger partial charge in [-0.25, -0.2) is 13.9 Å². The molecule has 1 amide bonds. The quantitative estimate of drug-likeness (QED) is 0.185. The van der Waals surface area contributed by atoms with E-state index in [0.29, 0.717) is 32.1 Å². The molecule has 0 saturated heterocycles. The summed E-state index contributed by atoms with van der Waals surface area (Å²) in [6.07, 6.45) is 3.49. The van der Waals surface area contributed by atoms with Crippen LogP contribution >= 0.6 is 42.3 Å². The largest absolute Gasteiger partial charge is 0.496 e. The van der Waals surface area contributed by atoms with Crippen molar-refractivity contribution in [2.45, 2.75) is 66.3 Å². The minimum Gasteiger partial charge on any atom is -0.496 e. The summed E-state index contributed by atoms with van der Waals surface area (Å²) in [6, 6.07) is 5.83. The molecule has 4 rings (SSSR count). The first-order chi connectivity index (χ1) is 19.4. The van der Waals surface area contributed by atoms with Gasteiger partial charge in [0.15, 0.2) is 0 Å². The van der Waals surface area contributed by atoms with Gasteiger partial charge in [0.2, 0.25) is 5.91 Å². The minimum atomic E-state index is -0.606. The van der Waals surface area contributed by atoms with E-state index in [1.54, 1.807) is 57.8 Å². The van der Waals surface area contributed by atoms with E-state index in [9.17, 15) is 18.8 Å². The molecule has 0 aliphatic carbocycles. The van der Waals surface area contributed by atoms with Gasteiger partial charge in [-0.2, -0.15) is 5.10 Å². The fourth-order valence-electron chi connectivity index (χ4n) is 4.01. The molecule has 2 N–H and O–H groups in total. The zero-order valence-corrected chi connectivity index (χ0v) is 27.6. The van der Waals surface area contributed by atoms with E-state index in [2.05, 4.69) is 20.2 Å². The zero-order chi connectivity index (χ0) is 30.9. The number of hydrogen-bond acceptors (Lipinski definition) is 8. The number of methoxy groups -OCH3 is 1. The van der Waals surface area contributed by atoms with Crippen molar-refractivity contribution in [1.29, 1.82) is 0 Å². The molecule has 0 saturated carbocycles. The Morgan fingerprint density at radius 3 is 2.44 bits per heavy atom. The number of aryl methyl sites for hydroxylation is 3. The van der Waals surface area contributed by atoms with E-state index in [0.717, 1.165) is 4.57 Å².